The van der Waals surface area contributed by atoms with Crippen molar-refractivity contribution in [1.29, 1.82) is 0 Å². The largest absolute Gasteiger partial charge is 0.492 e. The number of aromatic carboxylic acids is 1. The molecule has 90 valence electrons. The number of carboxylic acids is 1. The molecule has 1 rings (SSSR count). The fourth-order valence-corrected chi connectivity index (χ4v) is 2.35. The third-order valence-corrected chi connectivity index (χ3v) is 3.34. The molecule has 1 N–H and O–H groups in total. The zero-order valence-electron chi connectivity index (χ0n) is 9.95. The van der Waals surface area contributed by atoms with Gasteiger partial charge in [-0.05, 0) is 25.3 Å². The van der Waals surface area contributed by atoms with Gasteiger partial charge in [0.1, 0.15) is 5.75 Å². The van der Waals surface area contributed by atoms with E-state index in [0.29, 0.717) is 23.2 Å². The van der Waals surface area contributed by atoms with Crippen LogP contribution in [0.25, 0.3) is 0 Å². The van der Waals surface area contributed by atoms with Crippen LogP contribution < -0.4 is 4.74 Å². The number of hydrogen-bond donors (Lipinski definition) is 1. The second-order valence-electron chi connectivity index (χ2n) is 4.06. The van der Waals surface area contributed by atoms with E-state index >= 15 is 0 Å². The van der Waals surface area contributed by atoms with Gasteiger partial charge in [0, 0.05) is 4.88 Å². The van der Waals surface area contributed by atoms with Crippen molar-refractivity contribution in [3.63, 3.8) is 0 Å². The summed E-state index contributed by atoms with van der Waals surface area (Å²) in [5.74, 6) is 0.0704. The Kier molecular flexibility index (Phi) is 4.80. The molecule has 0 radical (unpaired) electrons. The topological polar surface area (TPSA) is 46.5 Å². The fourth-order valence-electron chi connectivity index (χ4n) is 1.56. The van der Waals surface area contributed by atoms with Crippen LogP contribution >= 0.6 is 11.3 Å². The summed E-state index contributed by atoms with van der Waals surface area (Å²) in [5, 5.41) is 8.98. The Morgan fingerprint density at radius 3 is 2.88 bits per heavy atom. The molecule has 0 fully saturated rings. The van der Waals surface area contributed by atoms with Crippen molar-refractivity contribution in [1.82, 2.24) is 0 Å². The number of aryl methyl sites for hydroxylation is 1. The summed E-state index contributed by atoms with van der Waals surface area (Å²) in [4.78, 5) is 12.2. The van der Waals surface area contributed by atoms with Crippen molar-refractivity contribution < 1.29 is 14.6 Å². The van der Waals surface area contributed by atoms with Crippen molar-refractivity contribution in [2.24, 2.45) is 5.92 Å². The van der Waals surface area contributed by atoms with Gasteiger partial charge in [0.15, 0.2) is 4.88 Å². The molecule has 0 amide bonds. The lowest BCUT2D eigenvalue weighted by atomic mass is 10.1. The summed E-state index contributed by atoms with van der Waals surface area (Å²) < 4.78 is 5.56. The third-order valence-electron chi connectivity index (χ3n) is 2.32. The monoisotopic (exact) mass is 242 g/mol. The van der Waals surface area contributed by atoms with Crippen LogP contribution in [0, 0.1) is 12.8 Å². The minimum atomic E-state index is -0.906. The van der Waals surface area contributed by atoms with E-state index in [-0.39, 0.29) is 0 Å². The van der Waals surface area contributed by atoms with Crippen molar-refractivity contribution >= 4 is 17.3 Å². The minimum Gasteiger partial charge on any atom is -0.492 e. The van der Waals surface area contributed by atoms with Crippen LogP contribution in [0.1, 0.15) is 41.2 Å². The van der Waals surface area contributed by atoms with E-state index in [1.54, 1.807) is 6.07 Å². The Hall–Kier alpha value is -1.03. The number of hydrogen-bond acceptors (Lipinski definition) is 3. The highest BCUT2D eigenvalue weighted by Gasteiger charge is 2.15. The van der Waals surface area contributed by atoms with E-state index in [1.807, 2.05) is 6.92 Å². The molecule has 1 aromatic rings. The molecular formula is C12H18O3S. The first-order chi connectivity index (χ1) is 7.54. The molecule has 0 spiro atoms. The number of rotatable bonds is 6. The molecule has 4 heteroatoms. The molecule has 0 aliphatic carbocycles. The fraction of sp³-hybridized carbons (Fsp3) is 0.583. The van der Waals surface area contributed by atoms with Gasteiger partial charge in [-0.3, -0.25) is 0 Å². The van der Waals surface area contributed by atoms with E-state index < -0.39 is 5.97 Å². The number of ether oxygens (including phenoxy) is 1. The van der Waals surface area contributed by atoms with Gasteiger partial charge in [-0.15, -0.1) is 11.3 Å². The maximum Gasteiger partial charge on any atom is 0.349 e. The SMILES string of the molecule is CCCC(C)COc1cc(C)sc1C(=O)O. The number of carbonyl (C=O) groups is 1. The molecule has 0 aliphatic heterocycles. The molecule has 0 bridgehead atoms. The van der Waals surface area contributed by atoms with Crippen molar-refractivity contribution in [2.75, 3.05) is 6.61 Å². The van der Waals surface area contributed by atoms with Gasteiger partial charge in [0.2, 0.25) is 0 Å². The molecule has 1 heterocycles. The average Bonchev–Trinajstić information content (AvgIpc) is 2.57. The van der Waals surface area contributed by atoms with Gasteiger partial charge >= 0.3 is 5.97 Å². The van der Waals surface area contributed by atoms with Crippen LogP contribution in [0.2, 0.25) is 0 Å². The third kappa shape index (κ3) is 3.52. The second-order valence-corrected chi connectivity index (χ2v) is 5.32. The lowest BCUT2D eigenvalue weighted by molar-refractivity contribution is 0.0697. The smallest absolute Gasteiger partial charge is 0.349 e. The predicted octanol–water partition coefficient (Wildman–Crippen LogP) is 3.57. The zero-order chi connectivity index (χ0) is 12.1. The van der Waals surface area contributed by atoms with E-state index in [4.69, 9.17) is 9.84 Å². The lowest BCUT2D eigenvalue weighted by Crippen LogP contribution is -2.09. The first-order valence-corrected chi connectivity index (χ1v) is 6.32. The highest BCUT2D eigenvalue weighted by Crippen LogP contribution is 2.29. The van der Waals surface area contributed by atoms with Crippen LogP contribution in [0.3, 0.4) is 0 Å². The first kappa shape index (κ1) is 13.0. The van der Waals surface area contributed by atoms with E-state index in [1.165, 1.54) is 11.3 Å². The van der Waals surface area contributed by atoms with Crippen molar-refractivity contribution in [3.05, 3.63) is 15.8 Å². The molecule has 0 saturated heterocycles. The standard InChI is InChI=1S/C12H18O3S/c1-4-5-8(2)7-15-10-6-9(3)16-11(10)12(13)14/h6,8H,4-5,7H2,1-3H3,(H,13,14). The average molecular weight is 242 g/mol. The highest BCUT2D eigenvalue weighted by molar-refractivity contribution is 7.14. The summed E-state index contributed by atoms with van der Waals surface area (Å²) >= 11 is 1.26. The lowest BCUT2D eigenvalue weighted by Gasteiger charge is -2.11. The molecule has 1 atom stereocenters. The summed E-state index contributed by atoms with van der Waals surface area (Å²) in [6, 6.07) is 1.80. The van der Waals surface area contributed by atoms with Gasteiger partial charge in [-0.1, -0.05) is 20.3 Å². The zero-order valence-corrected chi connectivity index (χ0v) is 10.8. The summed E-state index contributed by atoms with van der Waals surface area (Å²) in [6.45, 7) is 6.72. The molecule has 3 nitrogen and oxygen atoms in total. The Labute approximate surface area is 100 Å². The van der Waals surface area contributed by atoms with Gasteiger partial charge in [-0.25, -0.2) is 4.79 Å². The first-order valence-electron chi connectivity index (χ1n) is 5.51. The van der Waals surface area contributed by atoms with Crippen molar-refractivity contribution in [3.8, 4) is 5.75 Å². The summed E-state index contributed by atoms with van der Waals surface area (Å²) in [5.41, 5.74) is 0. The Morgan fingerprint density at radius 2 is 2.31 bits per heavy atom. The van der Waals surface area contributed by atoms with E-state index in [9.17, 15) is 4.79 Å². The van der Waals surface area contributed by atoms with Crippen molar-refractivity contribution in [2.45, 2.75) is 33.6 Å². The molecule has 1 unspecified atom stereocenters. The summed E-state index contributed by atoms with van der Waals surface area (Å²) in [7, 11) is 0. The maximum absolute atomic E-state index is 10.9. The second kappa shape index (κ2) is 5.89. The molecule has 16 heavy (non-hydrogen) atoms. The quantitative estimate of drug-likeness (QED) is 0.829. The molecule has 0 saturated carbocycles. The van der Waals surface area contributed by atoms with Gasteiger partial charge < -0.3 is 9.84 Å². The van der Waals surface area contributed by atoms with E-state index in [2.05, 4.69) is 13.8 Å². The molecular weight excluding hydrogens is 224 g/mol. The molecule has 1 aromatic heterocycles. The summed E-state index contributed by atoms with van der Waals surface area (Å²) in [6.07, 6.45) is 2.23. The Morgan fingerprint density at radius 1 is 1.62 bits per heavy atom. The van der Waals surface area contributed by atoms with Gasteiger partial charge in [-0.2, -0.15) is 0 Å². The predicted molar refractivity (Wildman–Crippen MR) is 65.6 cm³/mol. The Bertz CT molecular complexity index is 357. The highest BCUT2D eigenvalue weighted by atomic mass is 32.1. The van der Waals surface area contributed by atoms with Crippen LogP contribution in [0.15, 0.2) is 6.07 Å². The molecule has 0 aromatic carbocycles. The number of carboxylic acid groups (broad SMARTS) is 1. The Balaban J connectivity index is 2.62. The minimum absolute atomic E-state index is 0.307. The van der Waals surface area contributed by atoms with Crippen LogP contribution in [-0.4, -0.2) is 17.7 Å². The van der Waals surface area contributed by atoms with Crippen LogP contribution in [-0.2, 0) is 0 Å². The van der Waals surface area contributed by atoms with Crippen LogP contribution in [0.5, 0.6) is 5.75 Å². The molecule has 0 aliphatic rings. The van der Waals surface area contributed by atoms with Gasteiger partial charge in [0.05, 0.1) is 6.61 Å². The van der Waals surface area contributed by atoms with E-state index in [0.717, 1.165) is 17.7 Å². The maximum atomic E-state index is 10.9. The van der Waals surface area contributed by atoms with Crippen LogP contribution in [0.4, 0.5) is 0 Å². The van der Waals surface area contributed by atoms with Gasteiger partial charge in [0.25, 0.3) is 0 Å². The normalized spacial score (nSPS) is 12.4. The number of thiophene rings is 1.